The highest BCUT2D eigenvalue weighted by atomic mass is 32.1. The number of amides is 1. The first-order chi connectivity index (χ1) is 11.1. The molecular formula is C19H20N2OS. The van der Waals surface area contributed by atoms with Gasteiger partial charge in [-0.3, -0.25) is 4.79 Å². The number of nitrogens with zero attached hydrogens (tertiary/aromatic N) is 2. The Hall–Kier alpha value is -2.38. The highest BCUT2D eigenvalue weighted by Crippen LogP contribution is 2.24. The fourth-order valence-corrected chi connectivity index (χ4v) is 3.49. The Morgan fingerprint density at radius 3 is 2.61 bits per heavy atom. The minimum absolute atomic E-state index is 0.0297. The van der Waals surface area contributed by atoms with Crippen molar-refractivity contribution < 1.29 is 4.79 Å². The summed E-state index contributed by atoms with van der Waals surface area (Å²) in [6.45, 7) is 8.91. The van der Waals surface area contributed by atoms with Gasteiger partial charge in [-0.05, 0) is 42.7 Å². The Morgan fingerprint density at radius 2 is 2.09 bits per heavy atom. The summed E-state index contributed by atoms with van der Waals surface area (Å²) >= 11 is 1.57. The van der Waals surface area contributed by atoms with Gasteiger partial charge in [0.1, 0.15) is 0 Å². The summed E-state index contributed by atoms with van der Waals surface area (Å²) in [5.74, 6) is 0.0297. The fraction of sp³-hybridized carbons (Fsp3) is 0.263. The zero-order chi connectivity index (χ0) is 16.8. The molecule has 0 unspecified atom stereocenters. The molecule has 0 fully saturated rings. The van der Waals surface area contributed by atoms with E-state index in [0.29, 0.717) is 18.7 Å². The smallest absolute Gasteiger partial charge is 0.264 e. The van der Waals surface area contributed by atoms with Crippen molar-refractivity contribution in [2.45, 2.75) is 26.8 Å². The van der Waals surface area contributed by atoms with Gasteiger partial charge in [0.25, 0.3) is 5.91 Å². The lowest BCUT2D eigenvalue weighted by Gasteiger charge is -2.20. The lowest BCUT2D eigenvalue weighted by Crippen LogP contribution is -2.30. The number of carbonyl (C=O) groups excluding carboxylic acids is 1. The van der Waals surface area contributed by atoms with Crippen LogP contribution in [0, 0.1) is 18.3 Å². The molecule has 3 nitrogen and oxygen atoms in total. The minimum atomic E-state index is 0.0297. The van der Waals surface area contributed by atoms with E-state index in [1.54, 1.807) is 34.4 Å². The molecule has 118 valence electrons. The molecule has 1 heterocycles. The van der Waals surface area contributed by atoms with Crippen LogP contribution in [0.4, 0.5) is 0 Å². The minimum Gasteiger partial charge on any atom is -0.330 e. The van der Waals surface area contributed by atoms with Crippen LogP contribution in [0.15, 0.2) is 43.0 Å². The predicted molar refractivity (Wildman–Crippen MR) is 94.5 cm³/mol. The number of rotatable bonds is 6. The summed E-state index contributed by atoms with van der Waals surface area (Å²) in [7, 11) is 0. The van der Waals surface area contributed by atoms with Crippen LogP contribution in [0.5, 0.6) is 0 Å². The third-order valence-electron chi connectivity index (χ3n) is 3.65. The van der Waals surface area contributed by atoms with Crippen molar-refractivity contribution in [2.75, 3.05) is 6.54 Å². The van der Waals surface area contributed by atoms with Crippen LogP contribution < -0.4 is 0 Å². The second-order valence-electron chi connectivity index (χ2n) is 5.35. The van der Waals surface area contributed by atoms with Crippen LogP contribution in [0.25, 0.3) is 0 Å². The molecule has 0 bridgehead atoms. The zero-order valence-corrected chi connectivity index (χ0v) is 14.3. The highest BCUT2D eigenvalue weighted by Gasteiger charge is 2.18. The summed E-state index contributed by atoms with van der Waals surface area (Å²) in [5, 5.41) is 8.86. The monoisotopic (exact) mass is 324 g/mol. The van der Waals surface area contributed by atoms with Gasteiger partial charge in [-0.15, -0.1) is 17.9 Å². The second-order valence-corrected chi connectivity index (χ2v) is 6.49. The maximum absolute atomic E-state index is 12.8. The average Bonchev–Trinajstić information content (AvgIpc) is 2.95. The van der Waals surface area contributed by atoms with Gasteiger partial charge < -0.3 is 4.90 Å². The predicted octanol–water partition coefficient (Wildman–Crippen LogP) is 4.32. The van der Waals surface area contributed by atoms with E-state index in [-0.39, 0.29) is 5.91 Å². The highest BCUT2D eigenvalue weighted by molar-refractivity contribution is 7.14. The number of thiophene rings is 1. The lowest BCUT2D eigenvalue weighted by molar-refractivity contribution is 0.0767. The van der Waals surface area contributed by atoms with Crippen molar-refractivity contribution in [3.05, 3.63) is 69.4 Å². The largest absolute Gasteiger partial charge is 0.330 e. The molecule has 4 heteroatoms. The van der Waals surface area contributed by atoms with E-state index in [1.807, 2.05) is 25.1 Å². The molecule has 0 N–H and O–H groups in total. The lowest BCUT2D eigenvalue weighted by atomic mass is 10.1. The molecule has 0 saturated heterocycles. The van der Waals surface area contributed by atoms with Gasteiger partial charge in [-0.25, -0.2) is 0 Å². The van der Waals surface area contributed by atoms with E-state index < -0.39 is 0 Å². The first-order valence-corrected chi connectivity index (χ1v) is 8.39. The van der Waals surface area contributed by atoms with E-state index >= 15 is 0 Å². The maximum Gasteiger partial charge on any atom is 0.264 e. The maximum atomic E-state index is 12.8. The SMILES string of the molecule is C=CCN(Cc1ccc(C#N)cc1)C(=O)c1cc(C)c(CC)s1. The summed E-state index contributed by atoms with van der Waals surface area (Å²) in [6.07, 6.45) is 2.68. The van der Waals surface area contributed by atoms with Crippen molar-refractivity contribution in [1.29, 1.82) is 5.26 Å². The molecule has 0 saturated carbocycles. The molecule has 1 aromatic carbocycles. The molecule has 23 heavy (non-hydrogen) atoms. The van der Waals surface area contributed by atoms with Crippen molar-refractivity contribution in [2.24, 2.45) is 0 Å². The summed E-state index contributed by atoms with van der Waals surface area (Å²) < 4.78 is 0. The van der Waals surface area contributed by atoms with Crippen molar-refractivity contribution >= 4 is 17.2 Å². The Kier molecular flexibility index (Phi) is 5.72. The Bertz CT molecular complexity index is 738. The number of hydrogen-bond acceptors (Lipinski definition) is 3. The molecule has 2 rings (SSSR count). The molecule has 0 aliphatic heterocycles. The number of carbonyl (C=O) groups is 1. The normalized spacial score (nSPS) is 10.1. The van der Waals surface area contributed by atoms with E-state index in [0.717, 1.165) is 16.9 Å². The standard InChI is InChI=1S/C19H20N2OS/c1-4-10-21(13-16-8-6-15(12-20)7-9-16)19(22)18-11-14(3)17(5-2)23-18/h4,6-9,11H,1,5,10,13H2,2-3H3. The first-order valence-electron chi connectivity index (χ1n) is 7.57. The van der Waals surface area contributed by atoms with Crippen LogP contribution in [-0.2, 0) is 13.0 Å². The van der Waals surface area contributed by atoms with E-state index in [9.17, 15) is 4.79 Å². The molecule has 1 aromatic heterocycles. The molecule has 0 aliphatic rings. The Morgan fingerprint density at radius 1 is 1.39 bits per heavy atom. The van der Waals surface area contributed by atoms with Crippen molar-refractivity contribution in [3.63, 3.8) is 0 Å². The number of benzene rings is 1. The quantitative estimate of drug-likeness (QED) is 0.743. The second kappa shape index (κ2) is 7.75. The average molecular weight is 324 g/mol. The van der Waals surface area contributed by atoms with Crippen LogP contribution >= 0.6 is 11.3 Å². The van der Waals surface area contributed by atoms with E-state index in [1.165, 1.54) is 10.4 Å². The fourth-order valence-electron chi connectivity index (χ4n) is 2.41. The van der Waals surface area contributed by atoms with Crippen molar-refractivity contribution in [1.82, 2.24) is 4.90 Å². The van der Waals surface area contributed by atoms with Gasteiger partial charge in [0, 0.05) is 18.0 Å². The molecule has 0 radical (unpaired) electrons. The summed E-state index contributed by atoms with van der Waals surface area (Å²) in [5.41, 5.74) is 2.80. The van der Waals surface area contributed by atoms with Gasteiger partial charge in [0.05, 0.1) is 16.5 Å². The van der Waals surface area contributed by atoms with Gasteiger partial charge in [-0.2, -0.15) is 5.26 Å². The molecule has 1 amide bonds. The topological polar surface area (TPSA) is 44.1 Å². The van der Waals surface area contributed by atoms with E-state index in [2.05, 4.69) is 19.6 Å². The summed E-state index contributed by atoms with van der Waals surface area (Å²) in [4.78, 5) is 16.6. The van der Waals surface area contributed by atoms with E-state index in [4.69, 9.17) is 5.26 Å². The van der Waals surface area contributed by atoms with Gasteiger partial charge in [0.15, 0.2) is 0 Å². The molecular weight excluding hydrogens is 304 g/mol. The number of hydrogen-bond donors (Lipinski definition) is 0. The third kappa shape index (κ3) is 4.08. The van der Waals surface area contributed by atoms with Crippen LogP contribution in [0.1, 0.15) is 38.2 Å². The first kappa shape index (κ1) is 17.0. The van der Waals surface area contributed by atoms with Crippen LogP contribution in [0.2, 0.25) is 0 Å². The number of nitriles is 1. The van der Waals surface area contributed by atoms with Crippen LogP contribution in [0.3, 0.4) is 0 Å². The molecule has 2 aromatic rings. The van der Waals surface area contributed by atoms with Gasteiger partial charge in [-0.1, -0.05) is 25.1 Å². The van der Waals surface area contributed by atoms with Crippen molar-refractivity contribution in [3.8, 4) is 6.07 Å². The summed E-state index contributed by atoms with van der Waals surface area (Å²) in [6, 6.07) is 11.4. The third-order valence-corrected chi connectivity index (χ3v) is 5.02. The number of aryl methyl sites for hydroxylation is 2. The molecule has 0 spiro atoms. The van der Waals surface area contributed by atoms with Crippen LogP contribution in [-0.4, -0.2) is 17.4 Å². The Labute approximate surface area is 141 Å². The Balaban J connectivity index is 2.20. The van der Waals surface area contributed by atoms with Gasteiger partial charge in [0.2, 0.25) is 0 Å². The molecule has 0 aliphatic carbocycles. The molecule has 0 atom stereocenters. The zero-order valence-electron chi connectivity index (χ0n) is 13.5. The van der Waals surface area contributed by atoms with Gasteiger partial charge >= 0.3 is 0 Å².